The fraction of sp³-hybridized carbons (Fsp3) is 0.0667. The largest absolute Gasteiger partial charge is 0.478 e. The van der Waals surface area contributed by atoms with Crippen LogP contribution in [0.3, 0.4) is 0 Å². The molecule has 106 valence electrons. The van der Waals surface area contributed by atoms with Crippen LogP contribution in [0.2, 0.25) is 5.02 Å². The molecule has 21 heavy (non-hydrogen) atoms. The monoisotopic (exact) mass is 302 g/mol. The SMILES string of the molecule is N#CCc1ccc(Oc2c(Cl)cc(N)cc2C(=O)O)cc1. The van der Waals surface area contributed by atoms with Crippen molar-refractivity contribution in [1.29, 1.82) is 5.26 Å². The lowest BCUT2D eigenvalue weighted by Crippen LogP contribution is -2.02. The maximum absolute atomic E-state index is 11.2. The lowest BCUT2D eigenvalue weighted by Gasteiger charge is -2.11. The minimum Gasteiger partial charge on any atom is -0.478 e. The first kappa shape index (κ1) is 14.7. The van der Waals surface area contributed by atoms with Crippen LogP contribution >= 0.6 is 11.6 Å². The Kier molecular flexibility index (Phi) is 4.31. The molecule has 0 radical (unpaired) electrons. The second kappa shape index (κ2) is 6.16. The number of ether oxygens (including phenoxy) is 1. The van der Waals surface area contributed by atoms with Crippen molar-refractivity contribution in [3.63, 3.8) is 0 Å². The molecule has 0 heterocycles. The number of hydrogen-bond acceptors (Lipinski definition) is 4. The van der Waals surface area contributed by atoms with Crippen molar-refractivity contribution >= 4 is 23.3 Å². The number of halogens is 1. The summed E-state index contributed by atoms with van der Waals surface area (Å²) in [6.45, 7) is 0. The van der Waals surface area contributed by atoms with Crippen molar-refractivity contribution in [2.24, 2.45) is 0 Å². The standard InChI is InChI=1S/C15H11ClN2O3/c16-13-8-10(18)7-12(15(19)20)14(13)21-11-3-1-9(2-4-11)5-6-17/h1-4,7-8H,5,18H2,(H,19,20). The molecule has 0 saturated heterocycles. The van der Waals surface area contributed by atoms with Gasteiger partial charge in [-0.15, -0.1) is 0 Å². The van der Waals surface area contributed by atoms with Crippen molar-refractivity contribution in [2.75, 3.05) is 5.73 Å². The second-order valence-electron chi connectivity index (χ2n) is 4.27. The van der Waals surface area contributed by atoms with Crippen molar-refractivity contribution in [3.8, 4) is 17.6 Å². The number of carboxylic acid groups (broad SMARTS) is 1. The van der Waals surface area contributed by atoms with Gasteiger partial charge in [-0.25, -0.2) is 4.79 Å². The molecule has 2 aromatic carbocycles. The van der Waals surface area contributed by atoms with Gasteiger partial charge in [0.15, 0.2) is 5.75 Å². The molecule has 0 saturated carbocycles. The molecule has 2 rings (SSSR count). The lowest BCUT2D eigenvalue weighted by atomic mass is 10.1. The van der Waals surface area contributed by atoms with Crippen LogP contribution in [0, 0.1) is 11.3 Å². The highest BCUT2D eigenvalue weighted by Gasteiger charge is 2.17. The Balaban J connectivity index is 2.35. The lowest BCUT2D eigenvalue weighted by molar-refractivity contribution is 0.0694. The smallest absolute Gasteiger partial charge is 0.339 e. The normalized spacial score (nSPS) is 9.90. The van der Waals surface area contributed by atoms with Gasteiger partial charge in [-0.1, -0.05) is 23.7 Å². The summed E-state index contributed by atoms with van der Waals surface area (Å²) in [5, 5.41) is 17.9. The number of nitrogens with zero attached hydrogens (tertiary/aromatic N) is 1. The minimum absolute atomic E-state index is 0.0337. The summed E-state index contributed by atoms with van der Waals surface area (Å²) in [4.78, 5) is 11.2. The van der Waals surface area contributed by atoms with Gasteiger partial charge in [-0.2, -0.15) is 5.26 Å². The van der Waals surface area contributed by atoms with E-state index in [2.05, 4.69) is 0 Å². The average Bonchev–Trinajstić information content (AvgIpc) is 2.43. The summed E-state index contributed by atoms with van der Waals surface area (Å²) in [6, 6.07) is 11.5. The van der Waals surface area contributed by atoms with E-state index in [1.807, 2.05) is 6.07 Å². The van der Waals surface area contributed by atoms with Gasteiger partial charge in [-0.05, 0) is 29.8 Å². The van der Waals surface area contributed by atoms with E-state index in [9.17, 15) is 9.90 Å². The van der Waals surface area contributed by atoms with Gasteiger partial charge in [-0.3, -0.25) is 0 Å². The zero-order chi connectivity index (χ0) is 15.4. The van der Waals surface area contributed by atoms with Crippen molar-refractivity contribution in [1.82, 2.24) is 0 Å². The third kappa shape index (κ3) is 3.44. The van der Waals surface area contributed by atoms with Gasteiger partial charge in [0.25, 0.3) is 0 Å². The fourth-order valence-electron chi connectivity index (χ4n) is 1.76. The van der Waals surface area contributed by atoms with Crippen LogP contribution in [0.5, 0.6) is 11.5 Å². The average molecular weight is 303 g/mol. The van der Waals surface area contributed by atoms with Crippen LogP contribution in [-0.4, -0.2) is 11.1 Å². The van der Waals surface area contributed by atoms with E-state index in [1.165, 1.54) is 12.1 Å². The Morgan fingerprint density at radius 2 is 2.00 bits per heavy atom. The number of rotatable bonds is 4. The number of nitriles is 1. The summed E-state index contributed by atoms with van der Waals surface area (Å²) in [5.41, 5.74) is 6.55. The molecular weight excluding hydrogens is 292 g/mol. The van der Waals surface area contributed by atoms with Gasteiger partial charge >= 0.3 is 5.97 Å². The molecule has 0 aromatic heterocycles. The van der Waals surface area contributed by atoms with Crippen molar-refractivity contribution in [2.45, 2.75) is 6.42 Å². The zero-order valence-corrected chi connectivity index (χ0v) is 11.6. The molecule has 0 unspecified atom stereocenters. The number of carbonyl (C=O) groups is 1. The van der Waals surface area contributed by atoms with Gasteiger partial charge < -0.3 is 15.6 Å². The molecular formula is C15H11ClN2O3. The highest BCUT2D eigenvalue weighted by atomic mass is 35.5. The van der Waals surface area contributed by atoms with E-state index in [4.69, 9.17) is 27.3 Å². The number of hydrogen-bond donors (Lipinski definition) is 2. The highest BCUT2D eigenvalue weighted by molar-refractivity contribution is 6.33. The van der Waals surface area contributed by atoms with Crippen LogP contribution in [0.1, 0.15) is 15.9 Å². The maximum atomic E-state index is 11.2. The molecule has 3 N–H and O–H groups in total. The molecule has 0 fully saturated rings. The van der Waals surface area contributed by atoms with Crippen LogP contribution in [-0.2, 0) is 6.42 Å². The third-order valence-corrected chi connectivity index (χ3v) is 3.00. The number of anilines is 1. The predicted molar refractivity (Wildman–Crippen MR) is 78.7 cm³/mol. The topological polar surface area (TPSA) is 96.3 Å². The Hall–Kier alpha value is -2.71. The molecule has 0 amide bonds. The van der Waals surface area contributed by atoms with Crippen molar-refractivity contribution < 1.29 is 14.6 Å². The molecule has 5 nitrogen and oxygen atoms in total. The van der Waals surface area contributed by atoms with Gasteiger partial charge in [0, 0.05) is 5.69 Å². The van der Waals surface area contributed by atoms with Crippen LogP contribution < -0.4 is 10.5 Å². The van der Waals surface area contributed by atoms with E-state index < -0.39 is 5.97 Å². The first-order chi connectivity index (χ1) is 10.0. The highest BCUT2D eigenvalue weighted by Crippen LogP contribution is 2.35. The van der Waals surface area contributed by atoms with Gasteiger partial charge in [0.05, 0.1) is 17.5 Å². The van der Waals surface area contributed by atoms with E-state index in [0.29, 0.717) is 12.2 Å². The van der Waals surface area contributed by atoms with E-state index in [1.54, 1.807) is 24.3 Å². The Bertz CT molecular complexity index is 721. The molecule has 0 atom stereocenters. The second-order valence-corrected chi connectivity index (χ2v) is 4.67. The summed E-state index contributed by atoms with van der Waals surface area (Å²) in [7, 11) is 0. The number of carboxylic acids is 1. The molecule has 0 aliphatic carbocycles. The number of nitrogens with two attached hydrogens (primary N) is 1. The quantitative estimate of drug-likeness (QED) is 0.843. The van der Waals surface area contributed by atoms with E-state index in [-0.39, 0.29) is 22.0 Å². The summed E-state index contributed by atoms with van der Waals surface area (Å²) in [5.74, 6) is -0.724. The number of benzene rings is 2. The number of aromatic carboxylic acids is 1. The van der Waals surface area contributed by atoms with Crippen molar-refractivity contribution in [3.05, 3.63) is 52.5 Å². The molecule has 0 bridgehead atoms. The minimum atomic E-state index is -1.18. The van der Waals surface area contributed by atoms with Crippen LogP contribution in [0.4, 0.5) is 5.69 Å². The first-order valence-electron chi connectivity index (χ1n) is 5.97. The van der Waals surface area contributed by atoms with Gasteiger partial charge in [0.1, 0.15) is 11.3 Å². The van der Waals surface area contributed by atoms with Gasteiger partial charge in [0.2, 0.25) is 0 Å². The zero-order valence-electron chi connectivity index (χ0n) is 10.8. The Labute approximate surface area is 126 Å². The van der Waals surface area contributed by atoms with Crippen LogP contribution in [0.25, 0.3) is 0 Å². The van der Waals surface area contributed by atoms with E-state index in [0.717, 1.165) is 5.56 Å². The van der Waals surface area contributed by atoms with E-state index >= 15 is 0 Å². The Morgan fingerprint density at radius 1 is 1.33 bits per heavy atom. The first-order valence-corrected chi connectivity index (χ1v) is 6.35. The molecule has 6 heteroatoms. The summed E-state index contributed by atoms with van der Waals surface area (Å²) >= 11 is 6.00. The number of nitrogen functional groups attached to an aromatic ring is 1. The summed E-state index contributed by atoms with van der Waals surface area (Å²) in [6.07, 6.45) is 0.295. The molecule has 2 aromatic rings. The maximum Gasteiger partial charge on any atom is 0.339 e. The third-order valence-electron chi connectivity index (χ3n) is 2.72. The van der Waals surface area contributed by atoms with Crippen LogP contribution in [0.15, 0.2) is 36.4 Å². The molecule has 0 aliphatic heterocycles. The Morgan fingerprint density at radius 3 is 2.57 bits per heavy atom. The fourth-order valence-corrected chi connectivity index (χ4v) is 2.03. The predicted octanol–water partition coefficient (Wildman–Crippen LogP) is 3.48. The molecule has 0 aliphatic rings. The molecule has 0 spiro atoms. The summed E-state index contributed by atoms with van der Waals surface area (Å²) < 4.78 is 5.54.